The van der Waals surface area contributed by atoms with E-state index < -0.39 is 5.60 Å². The van der Waals surface area contributed by atoms with Gasteiger partial charge >= 0.3 is 0 Å². The number of hydrogen-bond acceptors (Lipinski definition) is 0. The summed E-state index contributed by atoms with van der Waals surface area (Å²) in [5.74, 6) is 2.01. The van der Waals surface area contributed by atoms with Crippen molar-refractivity contribution in [2.24, 2.45) is 28.6 Å². The molecule has 0 aliphatic heterocycles. The van der Waals surface area contributed by atoms with Gasteiger partial charge in [-0.1, -0.05) is 33.1 Å². The molecule has 113 valence electrons. The van der Waals surface area contributed by atoms with Crippen LogP contribution in [0.15, 0.2) is 0 Å². The van der Waals surface area contributed by atoms with E-state index in [-0.39, 0.29) is 5.41 Å². The normalized spacial score (nSPS) is 58.6. The molecule has 1 nitrogen and oxygen atoms in total. The van der Waals surface area contributed by atoms with Crippen LogP contribution in [0.25, 0.3) is 0 Å². The van der Waals surface area contributed by atoms with Gasteiger partial charge in [0.15, 0.2) is 0 Å². The molecular formula is C19H31O. The molecule has 1 unspecified atom stereocenters. The van der Waals surface area contributed by atoms with Gasteiger partial charge in [0.25, 0.3) is 0 Å². The van der Waals surface area contributed by atoms with Crippen LogP contribution in [-0.2, 0) is 5.11 Å². The highest BCUT2D eigenvalue weighted by molar-refractivity contribution is 5.14. The highest BCUT2D eigenvalue weighted by Gasteiger charge is 2.65. The maximum Gasteiger partial charge on any atom is 0.112 e. The van der Waals surface area contributed by atoms with Crippen molar-refractivity contribution in [2.75, 3.05) is 0 Å². The molecule has 0 amide bonds. The van der Waals surface area contributed by atoms with Crippen LogP contribution in [0.1, 0.15) is 84.5 Å². The van der Waals surface area contributed by atoms with Crippen LogP contribution >= 0.6 is 0 Å². The SMILES string of the molecule is C[C@@]12CCC[C@H]1[C@@H]1CCC3CCCC[C@]3(C)[C@]1([O])CC2. The number of fused-ring (bicyclic) bond motifs is 5. The lowest BCUT2D eigenvalue weighted by atomic mass is 9.43. The van der Waals surface area contributed by atoms with Crippen molar-refractivity contribution in [3.8, 4) is 0 Å². The molecule has 4 rings (SSSR count). The predicted octanol–water partition coefficient (Wildman–Crippen LogP) is 5.36. The quantitative estimate of drug-likeness (QED) is 0.567. The molecule has 0 aromatic rings. The zero-order chi connectivity index (χ0) is 14.0. The maximum absolute atomic E-state index is 14.1. The van der Waals surface area contributed by atoms with E-state index in [0.29, 0.717) is 11.3 Å². The van der Waals surface area contributed by atoms with Gasteiger partial charge in [0.1, 0.15) is 5.60 Å². The average molecular weight is 275 g/mol. The minimum atomic E-state index is -0.579. The molecule has 0 saturated heterocycles. The zero-order valence-electron chi connectivity index (χ0n) is 13.4. The molecule has 0 aromatic heterocycles. The van der Waals surface area contributed by atoms with Crippen molar-refractivity contribution in [1.29, 1.82) is 0 Å². The second kappa shape index (κ2) is 4.24. The van der Waals surface area contributed by atoms with Crippen LogP contribution in [-0.4, -0.2) is 5.60 Å². The topological polar surface area (TPSA) is 19.9 Å². The van der Waals surface area contributed by atoms with Gasteiger partial charge < -0.3 is 0 Å². The number of hydrogen-bond donors (Lipinski definition) is 0. The molecule has 0 spiro atoms. The minimum Gasteiger partial charge on any atom is -0.229 e. The standard InChI is InChI=1S/C19H31O/c1-17-10-5-7-15(17)16-9-8-14-6-3-4-11-18(14,2)19(16,20)13-12-17/h14-16H,3-13H2,1-2H3/t14?,15-,16-,17-,18-,19-/m0/s1. The van der Waals surface area contributed by atoms with Gasteiger partial charge in [-0.2, -0.15) is 0 Å². The van der Waals surface area contributed by atoms with Crippen LogP contribution in [0, 0.1) is 28.6 Å². The van der Waals surface area contributed by atoms with E-state index in [1.54, 1.807) is 0 Å². The van der Waals surface area contributed by atoms with Gasteiger partial charge in [-0.05, 0) is 74.5 Å². The molecule has 4 aliphatic carbocycles. The van der Waals surface area contributed by atoms with Crippen molar-refractivity contribution in [2.45, 2.75) is 90.1 Å². The van der Waals surface area contributed by atoms with Gasteiger partial charge in [0.05, 0.1) is 0 Å². The molecule has 0 N–H and O–H groups in total. The van der Waals surface area contributed by atoms with Gasteiger partial charge in [0.2, 0.25) is 0 Å². The van der Waals surface area contributed by atoms with Crippen LogP contribution in [0.5, 0.6) is 0 Å². The largest absolute Gasteiger partial charge is 0.229 e. The number of rotatable bonds is 0. The van der Waals surface area contributed by atoms with E-state index >= 15 is 0 Å². The Morgan fingerprint density at radius 2 is 1.60 bits per heavy atom. The smallest absolute Gasteiger partial charge is 0.112 e. The molecule has 0 heterocycles. The summed E-state index contributed by atoms with van der Waals surface area (Å²) in [5.41, 5.74) is 0.0688. The molecule has 1 radical (unpaired) electrons. The lowest BCUT2D eigenvalue weighted by Crippen LogP contribution is -2.63. The molecule has 1 heteroatoms. The Morgan fingerprint density at radius 3 is 2.45 bits per heavy atom. The first-order valence-corrected chi connectivity index (χ1v) is 9.20. The van der Waals surface area contributed by atoms with E-state index in [4.69, 9.17) is 0 Å². The van der Waals surface area contributed by atoms with E-state index in [0.717, 1.165) is 18.3 Å². The summed E-state index contributed by atoms with van der Waals surface area (Å²) >= 11 is 0. The molecule has 6 atom stereocenters. The Kier molecular flexibility index (Phi) is 2.89. The van der Waals surface area contributed by atoms with E-state index in [1.807, 2.05) is 0 Å². The van der Waals surface area contributed by atoms with Crippen LogP contribution in [0.3, 0.4) is 0 Å². The Hall–Kier alpha value is -0.0400. The van der Waals surface area contributed by atoms with Crippen LogP contribution in [0.4, 0.5) is 0 Å². The van der Waals surface area contributed by atoms with Gasteiger partial charge in [0, 0.05) is 5.41 Å². The average Bonchev–Trinajstić information content (AvgIpc) is 2.81. The van der Waals surface area contributed by atoms with Crippen LogP contribution in [0.2, 0.25) is 0 Å². The Morgan fingerprint density at radius 1 is 0.750 bits per heavy atom. The highest BCUT2D eigenvalue weighted by atomic mass is 16.3. The van der Waals surface area contributed by atoms with Gasteiger partial charge in [-0.15, -0.1) is 0 Å². The molecule has 0 aromatic carbocycles. The summed E-state index contributed by atoms with van der Waals surface area (Å²) in [7, 11) is 0. The Bertz CT molecular complexity index is 405. The predicted molar refractivity (Wildman–Crippen MR) is 80.9 cm³/mol. The first kappa shape index (κ1) is 13.6. The first-order valence-electron chi connectivity index (χ1n) is 9.20. The zero-order valence-corrected chi connectivity index (χ0v) is 13.4. The summed E-state index contributed by atoms with van der Waals surface area (Å²) in [4.78, 5) is 0. The lowest BCUT2D eigenvalue weighted by molar-refractivity contribution is -0.260. The first-order chi connectivity index (χ1) is 9.50. The fourth-order valence-corrected chi connectivity index (χ4v) is 7.19. The third-order valence-corrected chi connectivity index (χ3v) is 8.50. The fourth-order valence-electron chi connectivity index (χ4n) is 7.19. The molecule has 4 aliphatic rings. The van der Waals surface area contributed by atoms with Crippen molar-refractivity contribution in [3.63, 3.8) is 0 Å². The third-order valence-electron chi connectivity index (χ3n) is 8.50. The van der Waals surface area contributed by atoms with Crippen molar-refractivity contribution < 1.29 is 5.11 Å². The summed E-state index contributed by atoms with van der Waals surface area (Å²) in [5, 5.41) is 14.1. The van der Waals surface area contributed by atoms with E-state index in [9.17, 15) is 5.11 Å². The second-order valence-electron chi connectivity index (χ2n) is 9.09. The Labute approximate surface area is 124 Å². The molecule has 0 bridgehead atoms. The summed E-state index contributed by atoms with van der Waals surface area (Å²) in [6, 6.07) is 0. The molecule has 20 heavy (non-hydrogen) atoms. The molecule has 4 fully saturated rings. The summed E-state index contributed by atoms with van der Waals surface area (Å²) in [6.07, 6.45) is 14.2. The highest BCUT2D eigenvalue weighted by Crippen LogP contribution is 2.68. The fraction of sp³-hybridized carbons (Fsp3) is 1.00. The van der Waals surface area contributed by atoms with Crippen molar-refractivity contribution in [3.05, 3.63) is 0 Å². The maximum atomic E-state index is 14.1. The molecular weight excluding hydrogens is 244 g/mol. The van der Waals surface area contributed by atoms with Crippen molar-refractivity contribution >= 4 is 0 Å². The lowest BCUT2D eigenvalue weighted by Gasteiger charge is -2.63. The van der Waals surface area contributed by atoms with Crippen molar-refractivity contribution in [1.82, 2.24) is 0 Å². The van der Waals surface area contributed by atoms with Gasteiger partial charge in [-0.3, -0.25) is 0 Å². The van der Waals surface area contributed by atoms with E-state index in [2.05, 4.69) is 13.8 Å². The minimum absolute atomic E-state index is 0.123. The third kappa shape index (κ3) is 1.54. The summed E-state index contributed by atoms with van der Waals surface area (Å²) in [6.45, 7) is 4.90. The second-order valence-corrected chi connectivity index (χ2v) is 9.09. The van der Waals surface area contributed by atoms with Gasteiger partial charge in [-0.25, -0.2) is 5.11 Å². The van der Waals surface area contributed by atoms with E-state index in [1.165, 1.54) is 64.2 Å². The Balaban J connectivity index is 1.72. The van der Waals surface area contributed by atoms with Crippen LogP contribution < -0.4 is 0 Å². The molecule has 4 saturated carbocycles. The monoisotopic (exact) mass is 275 g/mol. The summed E-state index contributed by atoms with van der Waals surface area (Å²) < 4.78 is 0.